The third-order valence-electron chi connectivity index (χ3n) is 5.21. The molecule has 1 unspecified atom stereocenters. The van der Waals surface area contributed by atoms with E-state index in [4.69, 9.17) is 4.52 Å². The topological polar surface area (TPSA) is 82.8 Å². The molecular weight excluding hydrogens is 433 g/mol. The summed E-state index contributed by atoms with van der Waals surface area (Å²) < 4.78 is 5.21. The van der Waals surface area contributed by atoms with E-state index < -0.39 is 0 Å². The second-order valence-electron chi connectivity index (χ2n) is 7.01. The van der Waals surface area contributed by atoms with Gasteiger partial charge in [0.05, 0.1) is 5.69 Å². The number of amides is 1. The first-order chi connectivity index (χ1) is 11.5. The summed E-state index contributed by atoms with van der Waals surface area (Å²) in [4.78, 5) is 18.4. The van der Waals surface area contributed by atoms with Gasteiger partial charge in [-0.2, -0.15) is 0 Å². The molecule has 0 aromatic carbocycles. The second-order valence-corrected chi connectivity index (χ2v) is 7.01. The standard InChI is InChI=1S/C17H27N5O2.HI/c1-12-14(13(2)24-21-12)5-7-19-16(18-3)22-8-4-6-17(11-22)9-15(23)20-10-17;/h4-11H2,1-3H3,(H,18,19)(H,20,23);1H. The molecule has 0 saturated carbocycles. The lowest BCUT2D eigenvalue weighted by molar-refractivity contribution is -0.119. The molecule has 1 atom stereocenters. The van der Waals surface area contributed by atoms with Crippen molar-refractivity contribution in [2.75, 3.05) is 33.2 Å². The van der Waals surface area contributed by atoms with E-state index in [0.29, 0.717) is 6.42 Å². The van der Waals surface area contributed by atoms with Gasteiger partial charge < -0.3 is 20.1 Å². The highest BCUT2D eigenvalue weighted by molar-refractivity contribution is 14.0. The maximum absolute atomic E-state index is 11.6. The highest BCUT2D eigenvalue weighted by Crippen LogP contribution is 2.35. The molecule has 1 spiro atoms. The fraction of sp³-hybridized carbons (Fsp3) is 0.706. The van der Waals surface area contributed by atoms with E-state index in [0.717, 1.165) is 62.9 Å². The van der Waals surface area contributed by atoms with Crippen LogP contribution in [0.5, 0.6) is 0 Å². The molecule has 1 amide bonds. The van der Waals surface area contributed by atoms with Crippen LogP contribution in [0, 0.1) is 19.3 Å². The van der Waals surface area contributed by atoms with Crippen molar-refractivity contribution in [3.8, 4) is 0 Å². The minimum atomic E-state index is 0. The zero-order valence-corrected chi connectivity index (χ0v) is 17.6. The van der Waals surface area contributed by atoms with Crippen molar-refractivity contribution in [3.63, 3.8) is 0 Å². The molecule has 3 heterocycles. The zero-order valence-electron chi connectivity index (χ0n) is 15.2. The van der Waals surface area contributed by atoms with Gasteiger partial charge in [-0.1, -0.05) is 5.16 Å². The first-order valence-corrected chi connectivity index (χ1v) is 8.67. The number of hydrogen-bond donors (Lipinski definition) is 2. The van der Waals surface area contributed by atoms with Crippen LogP contribution in [0.3, 0.4) is 0 Å². The number of nitrogens with zero attached hydrogens (tertiary/aromatic N) is 3. The maximum atomic E-state index is 11.6. The molecule has 2 N–H and O–H groups in total. The average Bonchev–Trinajstić information content (AvgIpc) is 3.07. The van der Waals surface area contributed by atoms with Gasteiger partial charge in [0.1, 0.15) is 5.76 Å². The molecular formula is C17H28IN5O2. The van der Waals surface area contributed by atoms with Gasteiger partial charge in [0.15, 0.2) is 5.96 Å². The number of aryl methyl sites for hydroxylation is 2. The van der Waals surface area contributed by atoms with Crippen LogP contribution in [0.2, 0.25) is 0 Å². The number of carbonyl (C=O) groups excluding carboxylic acids is 1. The summed E-state index contributed by atoms with van der Waals surface area (Å²) in [6, 6.07) is 0. The average molecular weight is 461 g/mol. The van der Waals surface area contributed by atoms with Crippen LogP contribution in [0.1, 0.15) is 36.3 Å². The van der Waals surface area contributed by atoms with E-state index in [-0.39, 0.29) is 35.3 Å². The minimum absolute atomic E-state index is 0. The predicted octanol–water partition coefficient (Wildman–Crippen LogP) is 1.63. The number of hydrogen-bond acceptors (Lipinski definition) is 4. The number of guanidine groups is 1. The largest absolute Gasteiger partial charge is 0.361 e. The van der Waals surface area contributed by atoms with Crippen molar-refractivity contribution in [2.24, 2.45) is 10.4 Å². The van der Waals surface area contributed by atoms with E-state index in [9.17, 15) is 4.79 Å². The molecule has 8 heteroatoms. The zero-order chi connectivity index (χ0) is 17.2. The van der Waals surface area contributed by atoms with Gasteiger partial charge in [-0.25, -0.2) is 0 Å². The normalized spacial score (nSPS) is 23.6. The smallest absolute Gasteiger partial charge is 0.220 e. The Morgan fingerprint density at radius 2 is 2.28 bits per heavy atom. The van der Waals surface area contributed by atoms with Crippen LogP contribution in [-0.4, -0.2) is 55.2 Å². The Bertz CT molecular complexity index is 625. The Morgan fingerprint density at radius 1 is 1.48 bits per heavy atom. The van der Waals surface area contributed by atoms with Gasteiger partial charge in [-0.3, -0.25) is 9.79 Å². The molecule has 3 rings (SSSR count). The third-order valence-corrected chi connectivity index (χ3v) is 5.21. The monoisotopic (exact) mass is 461 g/mol. The molecule has 0 radical (unpaired) electrons. The summed E-state index contributed by atoms with van der Waals surface area (Å²) in [6.45, 7) is 7.37. The van der Waals surface area contributed by atoms with E-state index in [2.05, 4.69) is 25.7 Å². The molecule has 2 aliphatic rings. The summed E-state index contributed by atoms with van der Waals surface area (Å²) in [5.41, 5.74) is 2.20. The summed E-state index contributed by atoms with van der Waals surface area (Å²) in [5, 5.41) is 10.4. The van der Waals surface area contributed by atoms with Crippen LogP contribution >= 0.6 is 24.0 Å². The number of rotatable bonds is 3. The Hall–Kier alpha value is -1.32. The number of aromatic nitrogens is 1. The third kappa shape index (κ3) is 4.45. The molecule has 140 valence electrons. The fourth-order valence-corrected chi connectivity index (χ4v) is 3.92. The molecule has 0 bridgehead atoms. The van der Waals surface area contributed by atoms with E-state index >= 15 is 0 Å². The number of halogens is 1. The Morgan fingerprint density at radius 3 is 2.88 bits per heavy atom. The lowest BCUT2D eigenvalue weighted by Crippen LogP contribution is -2.51. The van der Waals surface area contributed by atoms with Gasteiger partial charge >= 0.3 is 0 Å². The Balaban J connectivity index is 0.00000225. The summed E-state index contributed by atoms with van der Waals surface area (Å²) >= 11 is 0. The quantitative estimate of drug-likeness (QED) is 0.406. The van der Waals surface area contributed by atoms with Crippen LogP contribution in [-0.2, 0) is 11.2 Å². The van der Waals surface area contributed by atoms with Crippen molar-refractivity contribution < 1.29 is 9.32 Å². The first-order valence-electron chi connectivity index (χ1n) is 8.67. The first kappa shape index (κ1) is 20.0. The van der Waals surface area contributed by atoms with Gasteiger partial charge in [-0.05, 0) is 33.1 Å². The lowest BCUT2D eigenvalue weighted by atomic mass is 9.79. The molecule has 2 saturated heterocycles. The van der Waals surface area contributed by atoms with E-state index in [1.807, 2.05) is 20.9 Å². The number of carbonyl (C=O) groups is 1. The Kier molecular flexibility index (Phi) is 6.70. The molecule has 2 fully saturated rings. The van der Waals surface area contributed by atoms with E-state index in [1.54, 1.807) is 0 Å². The van der Waals surface area contributed by atoms with Crippen LogP contribution in [0.25, 0.3) is 0 Å². The van der Waals surface area contributed by atoms with Crippen molar-refractivity contribution in [2.45, 2.75) is 39.5 Å². The van der Waals surface area contributed by atoms with Crippen molar-refractivity contribution in [1.82, 2.24) is 20.7 Å². The molecule has 25 heavy (non-hydrogen) atoms. The van der Waals surface area contributed by atoms with Crippen molar-refractivity contribution in [3.05, 3.63) is 17.0 Å². The van der Waals surface area contributed by atoms with Gasteiger partial charge in [0.25, 0.3) is 0 Å². The summed E-state index contributed by atoms with van der Waals surface area (Å²) in [7, 11) is 1.82. The van der Waals surface area contributed by atoms with E-state index in [1.165, 1.54) is 5.56 Å². The highest BCUT2D eigenvalue weighted by Gasteiger charge is 2.42. The second kappa shape index (κ2) is 8.37. The number of likely N-dealkylation sites (tertiary alicyclic amines) is 1. The van der Waals surface area contributed by atoms with Gasteiger partial charge in [0, 0.05) is 50.6 Å². The molecule has 2 aliphatic heterocycles. The van der Waals surface area contributed by atoms with Crippen LogP contribution in [0.4, 0.5) is 0 Å². The van der Waals surface area contributed by atoms with Crippen LogP contribution in [0.15, 0.2) is 9.52 Å². The van der Waals surface area contributed by atoms with Gasteiger partial charge in [-0.15, -0.1) is 24.0 Å². The lowest BCUT2D eigenvalue weighted by Gasteiger charge is -2.40. The van der Waals surface area contributed by atoms with Gasteiger partial charge in [0.2, 0.25) is 5.91 Å². The molecule has 7 nitrogen and oxygen atoms in total. The molecule has 1 aromatic heterocycles. The minimum Gasteiger partial charge on any atom is -0.361 e. The number of aliphatic imine (C=N–C) groups is 1. The van der Waals surface area contributed by atoms with Crippen molar-refractivity contribution in [1.29, 1.82) is 0 Å². The summed E-state index contributed by atoms with van der Waals surface area (Å²) in [5.74, 6) is 1.98. The maximum Gasteiger partial charge on any atom is 0.220 e. The molecule has 1 aromatic rings. The predicted molar refractivity (Wildman–Crippen MR) is 107 cm³/mol. The highest BCUT2D eigenvalue weighted by atomic mass is 127. The van der Waals surface area contributed by atoms with Crippen molar-refractivity contribution >= 4 is 35.8 Å². The Labute approximate surface area is 166 Å². The van der Waals surface area contributed by atoms with Crippen LogP contribution < -0.4 is 10.6 Å². The number of nitrogens with one attached hydrogen (secondary N) is 2. The molecule has 0 aliphatic carbocycles. The SMILES string of the molecule is CN=C(NCCc1c(C)noc1C)N1CCCC2(CNC(=O)C2)C1.I. The number of piperidine rings is 1. The fourth-order valence-electron chi connectivity index (χ4n) is 3.92. The summed E-state index contributed by atoms with van der Waals surface area (Å²) in [6.07, 6.45) is 3.70.